The monoisotopic (exact) mass is 343 g/mol. The van der Waals surface area contributed by atoms with Gasteiger partial charge in [0.25, 0.3) is 0 Å². The average Bonchev–Trinajstić information content (AvgIpc) is 3.06. The summed E-state index contributed by atoms with van der Waals surface area (Å²) in [6, 6.07) is 11.2. The van der Waals surface area contributed by atoms with E-state index < -0.39 is 6.10 Å². The van der Waals surface area contributed by atoms with Gasteiger partial charge in [-0.3, -0.25) is 0 Å². The van der Waals surface area contributed by atoms with Crippen LogP contribution in [0.3, 0.4) is 0 Å². The second-order valence-corrected chi connectivity index (χ2v) is 6.43. The third-order valence-corrected chi connectivity index (χ3v) is 4.51. The van der Waals surface area contributed by atoms with E-state index in [0.29, 0.717) is 32.7 Å². The first-order valence-corrected chi connectivity index (χ1v) is 8.59. The van der Waals surface area contributed by atoms with Crippen molar-refractivity contribution in [2.45, 2.75) is 25.1 Å². The number of morpholine rings is 1. The minimum atomic E-state index is -0.614. The molecule has 0 spiro atoms. The Morgan fingerprint density at radius 2 is 2.16 bits per heavy atom. The molecule has 1 saturated heterocycles. The molecule has 2 aromatic rings. The number of nitrogens with one attached hydrogen (secondary N) is 1. The van der Waals surface area contributed by atoms with Gasteiger partial charge in [0.05, 0.1) is 25.4 Å². The number of hydrogen-bond donors (Lipinski definition) is 2. The summed E-state index contributed by atoms with van der Waals surface area (Å²) in [6.45, 7) is 2.00. The van der Waals surface area contributed by atoms with Crippen molar-refractivity contribution in [3.8, 4) is 0 Å². The van der Waals surface area contributed by atoms with Crippen LogP contribution in [-0.4, -0.2) is 46.4 Å². The van der Waals surface area contributed by atoms with E-state index in [1.807, 2.05) is 60.4 Å². The van der Waals surface area contributed by atoms with Gasteiger partial charge in [0.15, 0.2) is 0 Å². The van der Waals surface area contributed by atoms with E-state index >= 15 is 0 Å². The summed E-state index contributed by atoms with van der Waals surface area (Å²) in [5.41, 5.74) is 1.92. The van der Waals surface area contributed by atoms with E-state index in [0.717, 1.165) is 11.1 Å². The molecule has 0 saturated carbocycles. The van der Waals surface area contributed by atoms with Gasteiger partial charge in [-0.05, 0) is 17.2 Å². The average molecular weight is 343 g/mol. The molecule has 0 unspecified atom stereocenters. The zero-order chi connectivity index (χ0) is 17.6. The lowest BCUT2D eigenvalue weighted by Gasteiger charge is -2.36. The molecule has 134 valence electrons. The molecule has 0 radical (unpaired) electrons. The summed E-state index contributed by atoms with van der Waals surface area (Å²) in [4.78, 5) is 14.4. The Kier molecular flexibility index (Phi) is 5.73. The molecule has 0 bridgehead atoms. The summed E-state index contributed by atoms with van der Waals surface area (Å²) in [5.74, 6) is 0. The summed E-state index contributed by atoms with van der Waals surface area (Å²) in [6.07, 6.45) is 3.78. The minimum Gasteiger partial charge on any atom is -0.388 e. The van der Waals surface area contributed by atoms with E-state index in [1.54, 1.807) is 4.90 Å². The van der Waals surface area contributed by atoms with E-state index in [-0.39, 0.29) is 12.1 Å². The molecule has 1 aliphatic rings. The first kappa shape index (κ1) is 17.5. The number of nitrogens with zero attached hydrogens (tertiary/aromatic N) is 2. The van der Waals surface area contributed by atoms with Crippen molar-refractivity contribution in [3.05, 3.63) is 59.9 Å². The van der Waals surface area contributed by atoms with Crippen molar-refractivity contribution in [2.75, 3.05) is 19.8 Å². The van der Waals surface area contributed by atoms with Crippen LogP contribution in [0.1, 0.15) is 23.7 Å². The van der Waals surface area contributed by atoms with Crippen LogP contribution >= 0.6 is 0 Å². The highest BCUT2D eigenvalue weighted by Gasteiger charge is 2.29. The predicted octanol–water partition coefficient (Wildman–Crippen LogP) is 2.06. The van der Waals surface area contributed by atoms with Crippen LogP contribution in [-0.2, 0) is 18.3 Å². The van der Waals surface area contributed by atoms with Crippen LogP contribution in [0, 0.1) is 0 Å². The Morgan fingerprint density at radius 3 is 2.88 bits per heavy atom. The Hall–Kier alpha value is -2.31. The second kappa shape index (κ2) is 8.18. The Bertz CT molecular complexity index is 686. The highest BCUT2D eigenvalue weighted by Crippen LogP contribution is 2.22. The van der Waals surface area contributed by atoms with Gasteiger partial charge in [-0.1, -0.05) is 30.3 Å². The SMILES string of the molecule is Cn1ccc(CNC(=O)N2CCOC[C@@H]2C[C@H](O)c2ccccc2)c1. The molecule has 2 heterocycles. The van der Waals surface area contributed by atoms with Gasteiger partial charge in [0.1, 0.15) is 0 Å². The summed E-state index contributed by atoms with van der Waals surface area (Å²) in [5, 5.41) is 13.4. The number of urea groups is 1. The lowest BCUT2D eigenvalue weighted by Crippen LogP contribution is -2.52. The second-order valence-electron chi connectivity index (χ2n) is 6.43. The molecule has 1 aromatic carbocycles. The maximum atomic E-state index is 12.6. The van der Waals surface area contributed by atoms with Gasteiger partial charge in [-0.25, -0.2) is 4.79 Å². The number of aryl methyl sites for hydroxylation is 1. The Morgan fingerprint density at radius 1 is 1.36 bits per heavy atom. The van der Waals surface area contributed by atoms with Gasteiger partial charge in [0, 0.05) is 39.0 Å². The van der Waals surface area contributed by atoms with Crippen LogP contribution in [0.25, 0.3) is 0 Å². The highest BCUT2D eigenvalue weighted by molar-refractivity contribution is 5.74. The fourth-order valence-electron chi connectivity index (χ4n) is 3.13. The van der Waals surface area contributed by atoms with Crippen LogP contribution in [0.5, 0.6) is 0 Å². The highest BCUT2D eigenvalue weighted by atomic mass is 16.5. The van der Waals surface area contributed by atoms with Crippen LogP contribution < -0.4 is 5.32 Å². The van der Waals surface area contributed by atoms with Gasteiger partial charge in [-0.2, -0.15) is 0 Å². The predicted molar refractivity (Wildman–Crippen MR) is 95.0 cm³/mol. The van der Waals surface area contributed by atoms with E-state index in [9.17, 15) is 9.90 Å². The van der Waals surface area contributed by atoms with Crippen molar-refractivity contribution in [2.24, 2.45) is 7.05 Å². The number of aromatic nitrogens is 1. The molecular weight excluding hydrogens is 318 g/mol. The van der Waals surface area contributed by atoms with Gasteiger partial charge < -0.3 is 24.6 Å². The van der Waals surface area contributed by atoms with Crippen molar-refractivity contribution >= 4 is 6.03 Å². The fraction of sp³-hybridized carbons (Fsp3) is 0.421. The molecule has 2 amide bonds. The standard InChI is InChI=1S/C19H25N3O3/c1-21-8-7-15(13-21)12-20-19(24)22-9-10-25-14-17(22)11-18(23)16-5-3-2-4-6-16/h2-8,13,17-18,23H,9-12,14H2,1H3,(H,20,24)/t17-,18-/m0/s1. The van der Waals surface area contributed by atoms with Crippen molar-refractivity contribution in [3.63, 3.8) is 0 Å². The number of ether oxygens (including phenoxy) is 1. The zero-order valence-electron chi connectivity index (χ0n) is 14.5. The fourth-order valence-corrected chi connectivity index (χ4v) is 3.13. The number of rotatable bonds is 5. The molecule has 2 N–H and O–H groups in total. The normalized spacial score (nSPS) is 18.8. The third kappa shape index (κ3) is 4.61. The van der Waals surface area contributed by atoms with Crippen LogP contribution in [0.2, 0.25) is 0 Å². The lowest BCUT2D eigenvalue weighted by molar-refractivity contribution is -0.00698. The number of benzene rings is 1. The summed E-state index contributed by atoms with van der Waals surface area (Å²) >= 11 is 0. The maximum Gasteiger partial charge on any atom is 0.318 e. The molecule has 1 fully saturated rings. The molecular formula is C19H25N3O3. The number of carbonyl (C=O) groups excluding carboxylic acids is 1. The van der Waals surface area contributed by atoms with E-state index in [4.69, 9.17) is 4.74 Å². The van der Waals surface area contributed by atoms with Crippen molar-refractivity contribution in [1.29, 1.82) is 0 Å². The van der Waals surface area contributed by atoms with Crippen molar-refractivity contribution in [1.82, 2.24) is 14.8 Å². The molecule has 0 aliphatic carbocycles. The minimum absolute atomic E-state index is 0.114. The first-order chi connectivity index (χ1) is 12.1. The molecule has 1 aromatic heterocycles. The number of amides is 2. The topological polar surface area (TPSA) is 66.7 Å². The number of carbonyl (C=O) groups is 1. The molecule has 6 nitrogen and oxygen atoms in total. The van der Waals surface area contributed by atoms with Gasteiger partial charge >= 0.3 is 6.03 Å². The summed E-state index contributed by atoms with van der Waals surface area (Å²) < 4.78 is 7.48. The van der Waals surface area contributed by atoms with Gasteiger partial charge in [0.2, 0.25) is 0 Å². The molecule has 1 aliphatic heterocycles. The zero-order valence-corrected chi connectivity index (χ0v) is 14.5. The van der Waals surface area contributed by atoms with E-state index in [1.165, 1.54) is 0 Å². The maximum absolute atomic E-state index is 12.6. The lowest BCUT2D eigenvalue weighted by atomic mass is 10.0. The molecule has 3 rings (SSSR count). The Balaban J connectivity index is 1.59. The summed E-state index contributed by atoms with van der Waals surface area (Å²) in [7, 11) is 1.95. The van der Waals surface area contributed by atoms with Crippen molar-refractivity contribution < 1.29 is 14.6 Å². The van der Waals surface area contributed by atoms with E-state index in [2.05, 4.69) is 5.32 Å². The largest absolute Gasteiger partial charge is 0.388 e. The first-order valence-electron chi connectivity index (χ1n) is 8.59. The third-order valence-electron chi connectivity index (χ3n) is 4.51. The quantitative estimate of drug-likeness (QED) is 0.873. The van der Waals surface area contributed by atoms with Crippen LogP contribution in [0.4, 0.5) is 4.79 Å². The number of aliphatic hydroxyl groups excluding tert-OH is 1. The number of hydrogen-bond acceptors (Lipinski definition) is 3. The van der Waals surface area contributed by atoms with Crippen LogP contribution in [0.15, 0.2) is 48.8 Å². The van der Waals surface area contributed by atoms with Gasteiger partial charge in [-0.15, -0.1) is 0 Å². The number of aliphatic hydroxyl groups is 1. The Labute approximate surface area is 148 Å². The molecule has 25 heavy (non-hydrogen) atoms. The molecule has 6 heteroatoms. The smallest absolute Gasteiger partial charge is 0.318 e. The molecule has 2 atom stereocenters.